The molecule has 1 heterocycles. The summed E-state index contributed by atoms with van der Waals surface area (Å²) in [5, 5.41) is 5.43. The molecule has 8 heteroatoms. The molecule has 0 aromatic heterocycles. The van der Waals surface area contributed by atoms with E-state index >= 15 is 0 Å². The van der Waals surface area contributed by atoms with Crippen molar-refractivity contribution in [2.75, 3.05) is 16.8 Å². The van der Waals surface area contributed by atoms with Crippen LogP contribution in [0.15, 0.2) is 72.3 Å². The first-order chi connectivity index (χ1) is 17.2. The summed E-state index contributed by atoms with van der Waals surface area (Å²) in [6, 6.07) is 19.8. The summed E-state index contributed by atoms with van der Waals surface area (Å²) in [4.78, 5) is 39.5. The Balaban J connectivity index is 1.48. The lowest BCUT2D eigenvalue weighted by Crippen LogP contribution is -2.54. The number of hydrogen-bond donors (Lipinski definition) is 2. The number of aryl methyl sites for hydroxylation is 3. The molecule has 0 bridgehead atoms. The normalized spacial score (nSPS) is 14.6. The van der Waals surface area contributed by atoms with Gasteiger partial charge in [-0.15, -0.1) is 0 Å². The Morgan fingerprint density at radius 2 is 1.75 bits per heavy atom. The molecule has 0 spiro atoms. The number of anilines is 2. The Labute approximate surface area is 214 Å². The molecule has 2 N–H and O–H groups in total. The van der Waals surface area contributed by atoms with Gasteiger partial charge in [0.25, 0.3) is 17.7 Å². The van der Waals surface area contributed by atoms with Crippen molar-refractivity contribution in [2.24, 2.45) is 0 Å². The van der Waals surface area contributed by atoms with Gasteiger partial charge in [0, 0.05) is 5.69 Å². The lowest BCUT2D eigenvalue weighted by molar-refractivity contribution is -0.122. The Kier molecular flexibility index (Phi) is 7.26. The van der Waals surface area contributed by atoms with Crippen molar-refractivity contribution < 1.29 is 19.1 Å². The summed E-state index contributed by atoms with van der Waals surface area (Å²) >= 11 is 5.27. The molecule has 0 unspecified atom stereocenters. The summed E-state index contributed by atoms with van der Waals surface area (Å²) in [5.74, 6) is -0.966. The van der Waals surface area contributed by atoms with Crippen molar-refractivity contribution in [1.29, 1.82) is 0 Å². The maximum absolute atomic E-state index is 13.2. The quantitative estimate of drug-likeness (QED) is 0.297. The molecule has 0 aliphatic carbocycles. The van der Waals surface area contributed by atoms with Gasteiger partial charge in [-0.25, -0.2) is 0 Å². The minimum absolute atomic E-state index is 0.0308. The number of nitrogens with zero attached hydrogens (tertiary/aromatic N) is 1. The number of carbonyl (C=O) groups is 3. The minimum atomic E-state index is -0.575. The fraction of sp³-hybridized carbons (Fsp3) is 0.143. The van der Waals surface area contributed by atoms with Crippen LogP contribution in [0.1, 0.15) is 22.3 Å². The van der Waals surface area contributed by atoms with E-state index in [2.05, 4.69) is 10.6 Å². The summed E-state index contributed by atoms with van der Waals surface area (Å²) in [7, 11) is 0. The molecular weight excluding hydrogens is 474 g/mol. The van der Waals surface area contributed by atoms with Gasteiger partial charge in [0.15, 0.2) is 11.7 Å². The van der Waals surface area contributed by atoms with E-state index in [1.807, 2.05) is 51.1 Å². The lowest BCUT2D eigenvalue weighted by Gasteiger charge is -2.30. The molecular formula is C28H25N3O4S. The molecule has 3 aromatic rings. The minimum Gasteiger partial charge on any atom is -0.484 e. The smallest absolute Gasteiger partial charge is 0.270 e. The van der Waals surface area contributed by atoms with E-state index in [1.54, 1.807) is 36.4 Å². The SMILES string of the molecule is Cc1ccc(NC(=O)COc2cccc(/C=C3\C(=O)NC(=S)N(c4ccccc4C)C3=O)c2)cc1C. The van der Waals surface area contributed by atoms with Crippen molar-refractivity contribution >= 4 is 52.5 Å². The van der Waals surface area contributed by atoms with E-state index < -0.39 is 11.8 Å². The highest BCUT2D eigenvalue weighted by atomic mass is 32.1. The molecule has 1 aliphatic rings. The highest BCUT2D eigenvalue weighted by Crippen LogP contribution is 2.25. The maximum atomic E-state index is 13.2. The van der Waals surface area contributed by atoms with Crippen LogP contribution in [-0.2, 0) is 14.4 Å². The van der Waals surface area contributed by atoms with Gasteiger partial charge in [-0.3, -0.25) is 24.6 Å². The summed E-state index contributed by atoms with van der Waals surface area (Å²) in [6.45, 7) is 5.65. The number of para-hydroxylation sites is 1. The second-order valence-electron chi connectivity index (χ2n) is 8.45. The van der Waals surface area contributed by atoms with Crippen molar-refractivity contribution in [1.82, 2.24) is 5.32 Å². The third-order valence-corrected chi connectivity index (χ3v) is 6.07. The average Bonchev–Trinajstić information content (AvgIpc) is 2.84. The standard InChI is InChI=1S/C28H25N3O4S/c1-17-11-12-21(13-19(17)3)29-25(32)16-35-22-9-6-8-20(14-22)15-23-26(33)30-28(36)31(27(23)34)24-10-5-4-7-18(24)2/h4-15H,16H2,1-3H3,(H,29,32)(H,30,33,36)/b23-15+. The van der Waals surface area contributed by atoms with E-state index in [9.17, 15) is 14.4 Å². The molecule has 1 saturated heterocycles. The molecule has 1 aliphatic heterocycles. The predicted molar refractivity (Wildman–Crippen MR) is 144 cm³/mol. The van der Waals surface area contributed by atoms with Gasteiger partial charge in [0.05, 0.1) is 5.69 Å². The van der Waals surface area contributed by atoms with Crippen LogP contribution in [-0.4, -0.2) is 29.4 Å². The largest absolute Gasteiger partial charge is 0.484 e. The van der Waals surface area contributed by atoms with E-state index in [1.165, 1.54) is 11.0 Å². The van der Waals surface area contributed by atoms with Crippen LogP contribution >= 0.6 is 12.2 Å². The Morgan fingerprint density at radius 3 is 2.50 bits per heavy atom. The first-order valence-electron chi connectivity index (χ1n) is 11.3. The lowest BCUT2D eigenvalue weighted by atomic mass is 10.1. The fourth-order valence-electron chi connectivity index (χ4n) is 3.72. The Hall–Kier alpha value is -4.30. The number of carbonyl (C=O) groups excluding carboxylic acids is 3. The molecule has 3 aromatic carbocycles. The molecule has 1 fully saturated rings. The van der Waals surface area contributed by atoms with Crippen LogP contribution in [0.5, 0.6) is 5.75 Å². The van der Waals surface area contributed by atoms with Crippen LogP contribution in [0.4, 0.5) is 11.4 Å². The van der Waals surface area contributed by atoms with Crippen LogP contribution < -0.4 is 20.3 Å². The van der Waals surface area contributed by atoms with Crippen LogP contribution in [0.3, 0.4) is 0 Å². The average molecular weight is 500 g/mol. The molecule has 0 saturated carbocycles. The van der Waals surface area contributed by atoms with E-state index in [0.717, 1.165) is 16.7 Å². The molecule has 7 nitrogen and oxygen atoms in total. The van der Waals surface area contributed by atoms with Crippen molar-refractivity contribution in [3.63, 3.8) is 0 Å². The van der Waals surface area contributed by atoms with Crippen molar-refractivity contribution in [3.8, 4) is 5.75 Å². The van der Waals surface area contributed by atoms with Crippen LogP contribution in [0.25, 0.3) is 6.08 Å². The van der Waals surface area contributed by atoms with E-state index in [0.29, 0.717) is 22.7 Å². The number of benzene rings is 3. The number of thiocarbonyl (C=S) groups is 1. The first-order valence-corrected chi connectivity index (χ1v) is 11.7. The molecule has 182 valence electrons. The van der Waals surface area contributed by atoms with Crippen molar-refractivity contribution in [3.05, 3.63) is 94.6 Å². The molecule has 4 rings (SSSR count). The van der Waals surface area contributed by atoms with Gasteiger partial charge in [-0.2, -0.15) is 0 Å². The molecule has 36 heavy (non-hydrogen) atoms. The summed E-state index contributed by atoms with van der Waals surface area (Å²) < 4.78 is 5.64. The topological polar surface area (TPSA) is 87.7 Å². The zero-order valence-electron chi connectivity index (χ0n) is 20.1. The Morgan fingerprint density at radius 1 is 0.972 bits per heavy atom. The number of amides is 3. The fourth-order valence-corrected chi connectivity index (χ4v) is 3.99. The second kappa shape index (κ2) is 10.5. The molecule has 0 atom stereocenters. The van der Waals surface area contributed by atoms with Gasteiger partial charge in [0.2, 0.25) is 0 Å². The van der Waals surface area contributed by atoms with Gasteiger partial charge < -0.3 is 10.1 Å². The monoisotopic (exact) mass is 499 g/mol. The van der Waals surface area contributed by atoms with E-state index in [4.69, 9.17) is 17.0 Å². The van der Waals surface area contributed by atoms with Crippen molar-refractivity contribution in [2.45, 2.75) is 20.8 Å². The first kappa shape index (κ1) is 24.8. The maximum Gasteiger partial charge on any atom is 0.270 e. The summed E-state index contributed by atoms with van der Waals surface area (Å²) in [6.07, 6.45) is 1.48. The summed E-state index contributed by atoms with van der Waals surface area (Å²) in [5.41, 5.74) is 4.88. The second-order valence-corrected chi connectivity index (χ2v) is 8.84. The van der Waals surface area contributed by atoms with Crippen LogP contribution in [0, 0.1) is 20.8 Å². The van der Waals surface area contributed by atoms with E-state index in [-0.39, 0.29) is 23.2 Å². The molecule has 0 radical (unpaired) electrons. The zero-order valence-corrected chi connectivity index (χ0v) is 20.9. The van der Waals surface area contributed by atoms with Gasteiger partial charge in [-0.05, 0) is 91.7 Å². The number of nitrogens with one attached hydrogen (secondary N) is 2. The highest BCUT2D eigenvalue weighted by Gasteiger charge is 2.35. The number of hydrogen-bond acceptors (Lipinski definition) is 5. The number of rotatable bonds is 6. The molecule has 3 amide bonds. The number of ether oxygens (including phenoxy) is 1. The predicted octanol–water partition coefficient (Wildman–Crippen LogP) is 4.46. The highest BCUT2D eigenvalue weighted by molar-refractivity contribution is 7.80. The van der Waals surface area contributed by atoms with Gasteiger partial charge >= 0.3 is 0 Å². The van der Waals surface area contributed by atoms with Gasteiger partial charge in [-0.1, -0.05) is 36.4 Å². The van der Waals surface area contributed by atoms with Gasteiger partial charge in [0.1, 0.15) is 11.3 Å². The zero-order chi connectivity index (χ0) is 25.8. The Bertz CT molecular complexity index is 1410. The third-order valence-electron chi connectivity index (χ3n) is 5.79. The van der Waals surface area contributed by atoms with Crippen LogP contribution in [0.2, 0.25) is 0 Å². The third kappa shape index (κ3) is 5.50.